The number of carbonyl (C=O) groups excluding carboxylic acids is 2. The molecule has 34 heavy (non-hydrogen) atoms. The molecule has 4 rings (SSSR count). The molecule has 0 aliphatic carbocycles. The van der Waals surface area contributed by atoms with Gasteiger partial charge in [-0.15, -0.1) is 0 Å². The van der Waals surface area contributed by atoms with Crippen LogP contribution in [0.2, 0.25) is 5.02 Å². The molecule has 0 bridgehead atoms. The Hall–Kier alpha value is -3.43. The molecule has 0 saturated heterocycles. The molecule has 0 atom stereocenters. The van der Waals surface area contributed by atoms with E-state index in [1.54, 1.807) is 12.1 Å². The minimum absolute atomic E-state index is 0.00286. The van der Waals surface area contributed by atoms with Crippen molar-refractivity contribution in [2.24, 2.45) is 0 Å². The Morgan fingerprint density at radius 2 is 1.59 bits per heavy atom. The molecule has 1 aliphatic rings. The summed E-state index contributed by atoms with van der Waals surface area (Å²) < 4.78 is 29.1. The number of hydrogen-bond acceptors (Lipinski definition) is 5. The third-order valence-electron chi connectivity index (χ3n) is 5.68. The number of imide groups is 1. The topological polar surface area (TPSA) is 110 Å². The maximum Gasteiger partial charge on any atom is 0.268 e. The van der Waals surface area contributed by atoms with Crippen LogP contribution in [0, 0.1) is 12.1 Å². The second-order valence-electron chi connectivity index (χ2n) is 8.98. The summed E-state index contributed by atoms with van der Waals surface area (Å²) in [4.78, 5) is 27.3. The monoisotopic (exact) mass is 499 g/mol. The molecule has 0 fully saturated rings. The predicted octanol–water partition coefficient (Wildman–Crippen LogP) is 4.18. The van der Waals surface area contributed by atoms with Gasteiger partial charge in [-0.3, -0.25) is 14.3 Å². The fraction of sp³-hybridized carbons (Fsp3) is 0.208. The van der Waals surface area contributed by atoms with Gasteiger partial charge in [0.15, 0.2) is 6.20 Å². The SMILES string of the molecule is Cc1c(N2C(=O)c3c(Cl)ccc(NS(=O)(=O)c4ccc(C(C)(C)C)cc4)c3C2=O)ccc[n+]1[O-]. The molecule has 10 heteroatoms. The molecule has 1 N–H and O–H groups in total. The highest BCUT2D eigenvalue weighted by atomic mass is 35.5. The normalized spacial score (nSPS) is 13.9. The first kappa shape index (κ1) is 23.7. The number of nitrogens with zero attached hydrogens (tertiary/aromatic N) is 2. The first-order chi connectivity index (χ1) is 15.8. The van der Waals surface area contributed by atoms with E-state index in [-0.39, 0.29) is 43.5 Å². The number of hydrogen-bond donors (Lipinski definition) is 1. The number of amides is 2. The van der Waals surface area contributed by atoms with Gasteiger partial charge in [0.2, 0.25) is 5.69 Å². The van der Waals surface area contributed by atoms with Gasteiger partial charge in [-0.05, 0) is 41.3 Å². The number of carbonyl (C=O) groups is 2. The van der Waals surface area contributed by atoms with Crippen molar-refractivity contribution in [3.8, 4) is 0 Å². The first-order valence-corrected chi connectivity index (χ1v) is 12.2. The van der Waals surface area contributed by atoms with Crippen LogP contribution in [0.15, 0.2) is 59.6 Å². The Morgan fingerprint density at radius 1 is 0.971 bits per heavy atom. The lowest BCUT2D eigenvalue weighted by Gasteiger charge is -2.19. The van der Waals surface area contributed by atoms with Crippen LogP contribution in [0.1, 0.15) is 52.7 Å². The highest BCUT2D eigenvalue weighted by Crippen LogP contribution is 2.38. The molecule has 2 amide bonds. The van der Waals surface area contributed by atoms with E-state index >= 15 is 0 Å². The molecule has 0 radical (unpaired) electrons. The summed E-state index contributed by atoms with van der Waals surface area (Å²) in [6, 6.07) is 12.0. The van der Waals surface area contributed by atoms with E-state index in [4.69, 9.17) is 11.6 Å². The third-order valence-corrected chi connectivity index (χ3v) is 7.38. The maximum atomic E-state index is 13.3. The van der Waals surface area contributed by atoms with Gasteiger partial charge in [-0.2, -0.15) is 4.73 Å². The van der Waals surface area contributed by atoms with Crippen molar-refractivity contribution in [3.05, 3.63) is 87.3 Å². The lowest BCUT2D eigenvalue weighted by molar-refractivity contribution is -0.611. The molecular formula is C24H22ClN3O5S. The van der Waals surface area contributed by atoms with Crippen LogP contribution in [0.4, 0.5) is 11.4 Å². The van der Waals surface area contributed by atoms with Crippen molar-refractivity contribution in [1.29, 1.82) is 0 Å². The maximum absolute atomic E-state index is 13.3. The summed E-state index contributed by atoms with van der Waals surface area (Å²) in [6.07, 6.45) is 1.24. The molecule has 8 nitrogen and oxygen atoms in total. The van der Waals surface area contributed by atoms with Gasteiger partial charge in [0.1, 0.15) is 5.69 Å². The van der Waals surface area contributed by atoms with Crippen LogP contribution in [-0.4, -0.2) is 20.2 Å². The number of fused-ring (bicyclic) bond motifs is 1. The largest absolute Gasteiger partial charge is 0.618 e. The standard InChI is InChI=1S/C24H22ClN3O5S/c1-14-19(6-5-13-27(14)31)28-22(29)20-17(25)11-12-18(21(20)23(28)30)26-34(32,33)16-9-7-15(8-10-16)24(2,3)4/h5-13,26H,1-4H3. The number of pyridine rings is 1. The zero-order valence-corrected chi connectivity index (χ0v) is 20.5. The van der Waals surface area contributed by atoms with Gasteiger partial charge in [-0.1, -0.05) is 44.5 Å². The van der Waals surface area contributed by atoms with E-state index in [2.05, 4.69) is 4.72 Å². The summed E-state index contributed by atoms with van der Waals surface area (Å²) in [5, 5.41) is 12.0. The number of sulfonamides is 1. The van der Waals surface area contributed by atoms with E-state index < -0.39 is 21.8 Å². The Bertz CT molecular complexity index is 1440. The quantitative estimate of drug-likeness (QED) is 0.329. The summed E-state index contributed by atoms with van der Waals surface area (Å²) in [6.45, 7) is 7.52. The van der Waals surface area contributed by atoms with E-state index in [1.807, 2.05) is 20.8 Å². The van der Waals surface area contributed by atoms with Gasteiger partial charge in [0.25, 0.3) is 21.8 Å². The fourth-order valence-corrected chi connectivity index (χ4v) is 5.07. The van der Waals surface area contributed by atoms with Gasteiger partial charge in [0, 0.05) is 13.0 Å². The summed E-state index contributed by atoms with van der Waals surface area (Å²) in [5.74, 6) is -1.52. The molecule has 1 aliphatic heterocycles. The van der Waals surface area contributed by atoms with Gasteiger partial charge < -0.3 is 5.21 Å². The van der Waals surface area contributed by atoms with Crippen LogP contribution < -0.4 is 14.4 Å². The molecule has 0 unspecified atom stereocenters. The van der Waals surface area contributed by atoms with Crippen molar-refractivity contribution < 1.29 is 22.7 Å². The van der Waals surface area contributed by atoms with Crippen LogP contribution in [0.25, 0.3) is 0 Å². The lowest BCUT2D eigenvalue weighted by atomic mass is 9.87. The van der Waals surface area contributed by atoms with Crippen molar-refractivity contribution in [3.63, 3.8) is 0 Å². The fourth-order valence-electron chi connectivity index (χ4n) is 3.76. The average molecular weight is 500 g/mol. The van der Waals surface area contributed by atoms with Crippen LogP contribution in [0.3, 0.4) is 0 Å². The molecule has 0 spiro atoms. The summed E-state index contributed by atoms with van der Waals surface area (Å²) in [5.41, 5.74) is 0.651. The molecule has 2 aromatic carbocycles. The lowest BCUT2D eigenvalue weighted by Crippen LogP contribution is -2.36. The molecule has 1 aromatic heterocycles. The molecule has 176 valence electrons. The number of aromatic nitrogens is 1. The number of anilines is 2. The molecular weight excluding hydrogens is 478 g/mol. The second-order valence-corrected chi connectivity index (χ2v) is 11.1. The van der Waals surface area contributed by atoms with E-state index in [1.165, 1.54) is 49.5 Å². The van der Waals surface area contributed by atoms with E-state index in [9.17, 15) is 23.2 Å². The van der Waals surface area contributed by atoms with Gasteiger partial charge in [-0.25, -0.2) is 13.3 Å². The highest BCUT2D eigenvalue weighted by Gasteiger charge is 2.42. The van der Waals surface area contributed by atoms with Crippen LogP contribution in [-0.2, 0) is 15.4 Å². The van der Waals surface area contributed by atoms with Crippen molar-refractivity contribution >= 4 is 44.8 Å². The first-order valence-electron chi connectivity index (χ1n) is 10.4. The van der Waals surface area contributed by atoms with E-state index in [0.717, 1.165) is 10.5 Å². The minimum Gasteiger partial charge on any atom is -0.618 e. The number of halogens is 1. The molecule has 0 saturated carbocycles. The number of rotatable bonds is 4. The number of benzene rings is 2. The van der Waals surface area contributed by atoms with Crippen LogP contribution >= 0.6 is 11.6 Å². The van der Waals surface area contributed by atoms with Gasteiger partial charge >= 0.3 is 0 Å². The average Bonchev–Trinajstić information content (AvgIpc) is 3.03. The Morgan fingerprint density at radius 3 is 2.21 bits per heavy atom. The van der Waals surface area contributed by atoms with Crippen LogP contribution in [0.5, 0.6) is 0 Å². The van der Waals surface area contributed by atoms with Crippen molar-refractivity contribution in [1.82, 2.24) is 0 Å². The number of nitrogens with one attached hydrogen (secondary N) is 1. The smallest absolute Gasteiger partial charge is 0.268 e. The van der Waals surface area contributed by atoms with Crippen molar-refractivity contribution in [2.75, 3.05) is 9.62 Å². The zero-order valence-electron chi connectivity index (χ0n) is 18.9. The van der Waals surface area contributed by atoms with E-state index in [0.29, 0.717) is 4.73 Å². The Labute approximate surface area is 202 Å². The molecule has 3 aromatic rings. The summed E-state index contributed by atoms with van der Waals surface area (Å²) in [7, 11) is -4.08. The third kappa shape index (κ3) is 3.91. The summed E-state index contributed by atoms with van der Waals surface area (Å²) >= 11 is 6.23. The van der Waals surface area contributed by atoms with Crippen molar-refractivity contribution in [2.45, 2.75) is 38.0 Å². The predicted molar refractivity (Wildman–Crippen MR) is 129 cm³/mol. The van der Waals surface area contributed by atoms with Gasteiger partial charge in [0.05, 0.1) is 26.7 Å². The highest BCUT2D eigenvalue weighted by molar-refractivity contribution is 7.92. The Kier molecular flexibility index (Phi) is 5.65. The second kappa shape index (κ2) is 8.11. The molecule has 2 heterocycles. The minimum atomic E-state index is -4.08. The Balaban J connectivity index is 1.76. The zero-order chi connectivity index (χ0) is 25.0.